The van der Waals surface area contributed by atoms with Crippen LogP contribution in [-0.4, -0.2) is 23.7 Å². The summed E-state index contributed by atoms with van der Waals surface area (Å²) in [7, 11) is 0. The number of nitrogens with one attached hydrogen (secondary N) is 1. The van der Waals surface area contributed by atoms with Crippen LogP contribution in [-0.2, 0) is 4.79 Å². The first-order chi connectivity index (χ1) is 7.14. The molecule has 0 aromatic heterocycles. The summed E-state index contributed by atoms with van der Waals surface area (Å²) in [5, 5.41) is 2.37. The van der Waals surface area contributed by atoms with Gasteiger partial charge < -0.3 is 11.1 Å². The molecule has 0 aromatic carbocycles. The second-order valence-electron chi connectivity index (χ2n) is 4.79. The van der Waals surface area contributed by atoms with Gasteiger partial charge in [0.2, 0.25) is 5.91 Å². The van der Waals surface area contributed by atoms with Gasteiger partial charge in [-0.15, -0.1) is 0 Å². The highest BCUT2D eigenvalue weighted by Gasteiger charge is 2.54. The highest BCUT2D eigenvalue weighted by molar-refractivity contribution is 5.86. The second kappa shape index (κ2) is 4.24. The van der Waals surface area contributed by atoms with Crippen LogP contribution in [0.15, 0.2) is 0 Å². The lowest BCUT2D eigenvalue weighted by atomic mass is 10.0. The minimum absolute atomic E-state index is 0.173. The summed E-state index contributed by atoms with van der Waals surface area (Å²) in [6, 6.07) is -0.173. The molecule has 0 radical (unpaired) electrons. The molecule has 3 unspecified atom stereocenters. The molecule has 1 aliphatic rings. The van der Waals surface area contributed by atoms with E-state index in [1.807, 2.05) is 6.92 Å². The smallest absolute Gasteiger partial charge is 0.351 e. The molecular weight excluding hydrogens is 221 g/mol. The number of hydrogen-bond acceptors (Lipinski definition) is 2. The molecule has 3 N–H and O–H groups in total. The van der Waals surface area contributed by atoms with E-state index in [-0.39, 0.29) is 6.04 Å². The van der Waals surface area contributed by atoms with Crippen LogP contribution in [0.3, 0.4) is 0 Å². The van der Waals surface area contributed by atoms with E-state index < -0.39 is 17.6 Å². The molecule has 0 aromatic rings. The van der Waals surface area contributed by atoms with E-state index in [9.17, 15) is 18.0 Å². The van der Waals surface area contributed by atoms with E-state index in [2.05, 4.69) is 5.32 Å². The predicted octanol–water partition coefficient (Wildman–Crippen LogP) is 1.57. The normalized spacial score (nSPS) is 29.9. The third kappa shape index (κ3) is 2.66. The third-order valence-corrected chi connectivity index (χ3v) is 3.09. The standard InChI is InChI=1S/C10H17F3N2O/c1-6-3-4-7(5-6)15-8(16)9(2,14)10(11,12)13/h6-7H,3-5,14H2,1-2H3,(H,15,16). The summed E-state index contributed by atoms with van der Waals surface area (Å²) >= 11 is 0. The first-order valence-electron chi connectivity index (χ1n) is 5.31. The van der Waals surface area contributed by atoms with Crippen molar-refractivity contribution in [2.24, 2.45) is 11.7 Å². The molecule has 1 aliphatic carbocycles. The number of carbonyl (C=O) groups excluding carboxylic acids is 1. The van der Waals surface area contributed by atoms with Crippen molar-refractivity contribution in [3.8, 4) is 0 Å². The van der Waals surface area contributed by atoms with Crippen molar-refractivity contribution in [1.82, 2.24) is 5.32 Å². The Hall–Kier alpha value is -0.780. The average Bonchev–Trinajstić information content (AvgIpc) is 2.49. The van der Waals surface area contributed by atoms with Crippen LogP contribution >= 0.6 is 0 Å². The van der Waals surface area contributed by atoms with E-state index in [0.717, 1.165) is 19.3 Å². The Morgan fingerprint density at radius 2 is 1.94 bits per heavy atom. The quantitative estimate of drug-likeness (QED) is 0.767. The van der Waals surface area contributed by atoms with Crippen molar-refractivity contribution in [2.75, 3.05) is 0 Å². The van der Waals surface area contributed by atoms with Gasteiger partial charge in [-0.2, -0.15) is 13.2 Å². The number of alkyl halides is 3. The number of hydrogen-bond donors (Lipinski definition) is 2. The van der Waals surface area contributed by atoms with Crippen molar-refractivity contribution in [3.05, 3.63) is 0 Å². The molecule has 6 heteroatoms. The molecule has 1 amide bonds. The van der Waals surface area contributed by atoms with Crippen LogP contribution in [0.1, 0.15) is 33.1 Å². The molecule has 3 nitrogen and oxygen atoms in total. The van der Waals surface area contributed by atoms with E-state index in [1.165, 1.54) is 0 Å². The molecule has 1 rings (SSSR count). The summed E-state index contributed by atoms with van der Waals surface area (Å²) < 4.78 is 37.3. The van der Waals surface area contributed by atoms with Gasteiger partial charge in [0.15, 0.2) is 5.54 Å². The van der Waals surface area contributed by atoms with Gasteiger partial charge in [0, 0.05) is 6.04 Å². The first-order valence-corrected chi connectivity index (χ1v) is 5.31. The van der Waals surface area contributed by atoms with Crippen LogP contribution in [0, 0.1) is 5.92 Å². The highest BCUT2D eigenvalue weighted by atomic mass is 19.4. The minimum Gasteiger partial charge on any atom is -0.351 e. The number of nitrogens with two attached hydrogens (primary N) is 1. The van der Waals surface area contributed by atoms with Crippen LogP contribution in [0.5, 0.6) is 0 Å². The Labute approximate surface area is 92.6 Å². The fraction of sp³-hybridized carbons (Fsp3) is 0.900. The van der Waals surface area contributed by atoms with E-state index >= 15 is 0 Å². The van der Waals surface area contributed by atoms with Crippen molar-refractivity contribution in [2.45, 2.75) is 50.9 Å². The Morgan fingerprint density at radius 3 is 2.31 bits per heavy atom. The molecule has 3 atom stereocenters. The van der Waals surface area contributed by atoms with Crippen molar-refractivity contribution >= 4 is 5.91 Å². The Balaban J connectivity index is 2.59. The maximum atomic E-state index is 12.4. The van der Waals surface area contributed by atoms with Crippen LogP contribution in [0.2, 0.25) is 0 Å². The fourth-order valence-electron chi connectivity index (χ4n) is 1.80. The van der Waals surface area contributed by atoms with E-state index in [1.54, 1.807) is 0 Å². The zero-order valence-corrected chi connectivity index (χ0v) is 9.40. The number of carbonyl (C=O) groups is 1. The summed E-state index contributed by atoms with van der Waals surface area (Å²) in [4.78, 5) is 11.4. The molecule has 1 saturated carbocycles. The van der Waals surface area contributed by atoms with Gasteiger partial charge in [0.1, 0.15) is 0 Å². The van der Waals surface area contributed by atoms with Crippen LogP contribution < -0.4 is 11.1 Å². The topological polar surface area (TPSA) is 55.1 Å². The fourth-order valence-corrected chi connectivity index (χ4v) is 1.80. The number of amides is 1. The Morgan fingerprint density at radius 1 is 1.38 bits per heavy atom. The van der Waals surface area contributed by atoms with Crippen LogP contribution in [0.4, 0.5) is 13.2 Å². The monoisotopic (exact) mass is 238 g/mol. The summed E-state index contributed by atoms with van der Waals surface area (Å²) in [6.07, 6.45) is -2.35. The summed E-state index contributed by atoms with van der Waals surface area (Å²) in [5.74, 6) is -0.695. The van der Waals surface area contributed by atoms with Gasteiger partial charge in [-0.25, -0.2) is 0 Å². The molecule has 0 bridgehead atoms. The number of halogens is 3. The lowest BCUT2D eigenvalue weighted by molar-refractivity contribution is -0.187. The summed E-state index contributed by atoms with van der Waals surface area (Å²) in [6.45, 7) is 2.71. The predicted molar refractivity (Wildman–Crippen MR) is 53.6 cm³/mol. The molecule has 0 heterocycles. The zero-order chi connectivity index (χ0) is 12.6. The molecule has 16 heavy (non-hydrogen) atoms. The van der Waals surface area contributed by atoms with Crippen molar-refractivity contribution in [1.29, 1.82) is 0 Å². The zero-order valence-electron chi connectivity index (χ0n) is 9.40. The van der Waals surface area contributed by atoms with Gasteiger partial charge in [0.25, 0.3) is 0 Å². The second-order valence-corrected chi connectivity index (χ2v) is 4.79. The highest BCUT2D eigenvalue weighted by Crippen LogP contribution is 2.30. The van der Waals surface area contributed by atoms with Gasteiger partial charge in [-0.1, -0.05) is 6.92 Å². The lowest BCUT2D eigenvalue weighted by Crippen LogP contribution is -2.62. The largest absolute Gasteiger partial charge is 0.415 e. The van der Waals surface area contributed by atoms with Crippen molar-refractivity contribution in [3.63, 3.8) is 0 Å². The molecule has 0 spiro atoms. The SMILES string of the molecule is CC1CCC(NC(=O)C(C)(N)C(F)(F)F)C1. The van der Waals surface area contributed by atoms with Crippen molar-refractivity contribution < 1.29 is 18.0 Å². The van der Waals surface area contributed by atoms with E-state index in [0.29, 0.717) is 12.8 Å². The molecule has 94 valence electrons. The first kappa shape index (κ1) is 13.3. The number of rotatable bonds is 2. The molecular formula is C10H17F3N2O. The average molecular weight is 238 g/mol. The van der Waals surface area contributed by atoms with Gasteiger partial charge in [-0.3, -0.25) is 4.79 Å². The third-order valence-electron chi connectivity index (χ3n) is 3.09. The maximum absolute atomic E-state index is 12.4. The molecule has 0 saturated heterocycles. The minimum atomic E-state index is -4.72. The Bertz CT molecular complexity index is 276. The lowest BCUT2D eigenvalue weighted by Gasteiger charge is -2.27. The summed E-state index contributed by atoms with van der Waals surface area (Å²) in [5.41, 5.74) is 2.21. The maximum Gasteiger partial charge on any atom is 0.415 e. The molecule has 0 aliphatic heterocycles. The van der Waals surface area contributed by atoms with E-state index in [4.69, 9.17) is 5.73 Å². The van der Waals surface area contributed by atoms with Gasteiger partial charge >= 0.3 is 6.18 Å². The van der Waals surface area contributed by atoms with Crippen LogP contribution in [0.25, 0.3) is 0 Å². The van der Waals surface area contributed by atoms with Gasteiger partial charge in [0.05, 0.1) is 0 Å². The Kier molecular flexibility index (Phi) is 3.52. The molecule has 1 fully saturated rings. The van der Waals surface area contributed by atoms with Gasteiger partial charge in [-0.05, 0) is 32.1 Å².